The van der Waals surface area contributed by atoms with Gasteiger partial charge in [-0.1, -0.05) is 18.2 Å². The quantitative estimate of drug-likeness (QED) is 0.838. The van der Waals surface area contributed by atoms with Crippen LogP contribution in [-0.2, 0) is 0 Å². The van der Waals surface area contributed by atoms with E-state index in [1.807, 2.05) is 30.3 Å². The largest absolute Gasteiger partial charge is 0.496 e. The maximum absolute atomic E-state index is 13.2. The van der Waals surface area contributed by atoms with Gasteiger partial charge in [0.1, 0.15) is 11.6 Å². The number of nitrogens with one attached hydrogen (secondary N) is 1. The standard InChI is InChI=1S/C15H14FNO2/c1-19-15-8-7-11(16)9-13(15)14(18)10-17-12-5-3-2-4-6-12/h2-9,17H,10H2,1H3. The lowest BCUT2D eigenvalue weighted by molar-refractivity contribution is 0.100. The molecule has 19 heavy (non-hydrogen) atoms. The molecule has 0 aromatic heterocycles. The van der Waals surface area contributed by atoms with Gasteiger partial charge >= 0.3 is 0 Å². The maximum atomic E-state index is 13.2. The molecule has 0 saturated carbocycles. The number of halogens is 1. The third-order valence-electron chi connectivity index (χ3n) is 2.69. The fourth-order valence-corrected chi connectivity index (χ4v) is 1.73. The average Bonchev–Trinajstić information content (AvgIpc) is 2.46. The summed E-state index contributed by atoms with van der Waals surface area (Å²) in [6.45, 7) is 0.0871. The number of rotatable bonds is 5. The number of hydrogen-bond acceptors (Lipinski definition) is 3. The van der Waals surface area contributed by atoms with E-state index in [9.17, 15) is 9.18 Å². The van der Waals surface area contributed by atoms with Crippen molar-refractivity contribution in [1.29, 1.82) is 0 Å². The van der Waals surface area contributed by atoms with Gasteiger partial charge < -0.3 is 10.1 Å². The number of carbonyl (C=O) groups excluding carboxylic acids is 1. The predicted molar refractivity (Wildman–Crippen MR) is 72.2 cm³/mol. The lowest BCUT2D eigenvalue weighted by Gasteiger charge is -2.09. The van der Waals surface area contributed by atoms with Crippen LogP contribution in [0.4, 0.5) is 10.1 Å². The normalized spacial score (nSPS) is 10.0. The molecule has 0 aliphatic carbocycles. The maximum Gasteiger partial charge on any atom is 0.185 e. The number of ketones is 1. The van der Waals surface area contributed by atoms with Crippen LogP contribution in [0, 0.1) is 5.82 Å². The molecule has 4 heteroatoms. The van der Waals surface area contributed by atoms with E-state index in [2.05, 4.69) is 5.32 Å². The fourth-order valence-electron chi connectivity index (χ4n) is 1.73. The Morgan fingerprint density at radius 1 is 1.21 bits per heavy atom. The van der Waals surface area contributed by atoms with Crippen LogP contribution >= 0.6 is 0 Å². The van der Waals surface area contributed by atoms with Gasteiger partial charge in [-0.25, -0.2) is 4.39 Å². The zero-order chi connectivity index (χ0) is 13.7. The van der Waals surface area contributed by atoms with E-state index in [0.29, 0.717) is 5.75 Å². The van der Waals surface area contributed by atoms with Crippen molar-refractivity contribution in [2.75, 3.05) is 19.0 Å². The molecule has 2 aromatic rings. The minimum Gasteiger partial charge on any atom is -0.496 e. The van der Waals surface area contributed by atoms with Crippen LogP contribution in [0.15, 0.2) is 48.5 Å². The summed E-state index contributed by atoms with van der Waals surface area (Å²) >= 11 is 0. The minimum absolute atomic E-state index is 0.0871. The Hall–Kier alpha value is -2.36. The van der Waals surface area contributed by atoms with E-state index >= 15 is 0 Å². The van der Waals surface area contributed by atoms with Crippen molar-refractivity contribution in [2.24, 2.45) is 0 Å². The molecule has 0 heterocycles. The summed E-state index contributed by atoms with van der Waals surface area (Å²) in [6.07, 6.45) is 0. The molecule has 98 valence electrons. The summed E-state index contributed by atoms with van der Waals surface area (Å²) in [6, 6.07) is 13.2. The van der Waals surface area contributed by atoms with Crippen LogP contribution in [0.25, 0.3) is 0 Å². The van der Waals surface area contributed by atoms with Crippen molar-refractivity contribution >= 4 is 11.5 Å². The number of methoxy groups -OCH3 is 1. The molecule has 2 rings (SSSR count). The van der Waals surface area contributed by atoms with Gasteiger partial charge in [-0.3, -0.25) is 4.79 Å². The number of benzene rings is 2. The molecule has 3 nitrogen and oxygen atoms in total. The third-order valence-corrected chi connectivity index (χ3v) is 2.69. The number of carbonyl (C=O) groups is 1. The van der Waals surface area contributed by atoms with Gasteiger partial charge in [0.05, 0.1) is 19.2 Å². The Bertz CT molecular complexity index is 570. The molecule has 0 atom stereocenters. The molecule has 0 aliphatic heterocycles. The molecule has 0 amide bonds. The van der Waals surface area contributed by atoms with E-state index in [4.69, 9.17) is 4.74 Å². The predicted octanol–water partition coefficient (Wildman–Crippen LogP) is 3.13. The Morgan fingerprint density at radius 3 is 2.63 bits per heavy atom. The highest BCUT2D eigenvalue weighted by molar-refractivity contribution is 6.01. The van der Waals surface area contributed by atoms with Crippen molar-refractivity contribution in [1.82, 2.24) is 0 Å². The lowest BCUT2D eigenvalue weighted by atomic mass is 10.1. The molecule has 0 bridgehead atoms. The number of Topliss-reactive ketones (excluding diaryl/α,β-unsaturated/α-hetero) is 1. The number of ether oxygens (including phenoxy) is 1. The van der Waals surface area contributed by atoms with Crippen LogP contribution in [0.3, 0.4) is 0 Å². The highest BCUT2D eigenvalue weighted by atomic mass is 19.1. The fraction of sp³-hybridized carbons (Fsp3) is 0.133. The second-order valence-electron chi connectivity index (χ2n) is 3.99. The van der Waals surface area contributed by atoms with Gasteiger partial charge in [0.2, 0.25) is 0 Å². The Morgan fingerprint density at radius 2 is 1.95 bits per heavy atom. The summed E-state index contributed by atoms with van der Waals surface area (Å²) in [4.78, 5) is 12.0. The van der Waals surface area contributed by atoms with Gasteiger partial charge in [0.25, 0.3) is 0 Å². The smallest absolute Gasteiger partial charge is 0.185 e. The number of hydrogen-bond donors (Lipinski definition) is 1. The number of para-hydroxylation sites is 1. The lowest BCUT2D eigenvalue weighted by Crippen LogP contribution is -2.15. The minimum atomic E-state index is -0.455. The third kappa shape index (κ3) is 3.31. The molecule has 0 saturated heterocycles. The van der Waals surface area contributed by atoms with Crippen molar-refractivity contribution < 1.29 is 13.9 Å². The van der Waals surface area contributed by atoms with Gasteiger partial charge in [0, 0.05) is 5.69 Å². The summed E-state index contributed by atoms with van der Waals surface area (Å²) in [5.74, 6) is -0.301. The average molecular weight is 259 g/mol. The molecule has 0 fully saturated rings. The summed E-state index contributed by atoms with van der Waals surface area (Å²) < 4.78 is 18.2. The Kier molecular flexibility index (Phi) is 4.13. The molecular weight excluding hydrogens is 245 g/mol. The first-order valence-corrected chi connectivity index (χ1v) is 5.86. The summed E-state index contributed by atoms with van der Waals surface area (Å²) in [5, 5.41) is 2.99. The van der Waals surface area contributed by atoms with Crippen molar-refractivity contribution in [3.63, 3.8) is 0 Å². The van der Waals surface area contributed by atoms with E-state index in [0.717, 1.165) is 5.69 Å². The van der Waals surface area contributed by atoms with Crippen LogP contribution in [0.2, 0.25) is 0 Å². The van der Waals surface area contributed by atoms with Gasteiger partial charge in [-0.15, -0.1) is 0 Å². The topological polar surface area (TPSA) is 38.3 Å². The molecule has 0 unspecified atom stereocenters. The van der Waals surface area contributed by atoms with Crippen LogP contribution in [0.5, 0.6) is 5.75 Å². The van der Waals surface area contributed by atoms with Gasteiger partial charge in [-0.05, 0) is 30.3 Å². The first-order chi connectivity index (χ1) is 9.20. The highest BCUT2D eigenvalue weighted by Crippen LogP contribution is 2.20. The summed E-state index contributed by atoms with van der Waals surface area (Å²) in [5.41, 5.74) is 1.08. The van der Waals surface area contributed by atoms with Gasteiger partial charge in [0.15, 0.2) is 5.78 Å². The van der Waals surface area contributed by atoms with Crippen molar-refractivity contribution in [2.45, 2.75) is 0 Å². The molecule has 0 radical (unpaired) electrons. The Balaban J connectivity index is 2.10. The van der Waals surface area contributed by atoms with Crippen LogP contribution in [-0.4, -0.2) is 19.4 Å². The SMILES string of the molecule is COc1ccc(F)cc1C(=O)CNc1ccccc1. The first kappa shape index (κ1) is 13.1. The van der Waals surface area contributed by atoms with E-state index in [1.54, 1.807) is 0 Å². The zero-order valence-corrected chi connectivity index (χ0v) is 10.5. The van der Waals surface area contributed by atoms with Crippen molar-refractivity contribution in [3.05, 3.63) is 59.9 Å². The molecular formula is C15H14FNO2. The Labute approximate surface area is 111 Å². The van der Waals surface area contributed by atoms with Crippen LogP contribution in [0.1, 0.15) is 10.4 Å². The van der Waals surface area contributed by atoms with E-state index in [1.165, 1.54) is 25.3 Å². The summed E-state index contributed by atoms with van der Waals surface area (Å²) in [7, 11) is 1.45. The zero-order valence-electron chi connectivity index (χ0n) is 10.5. The molecule has 1 N–H and O–H groups in total. The van der Waals surface area contributed by atoms with E-state index < -0.39 is 5.82 Å². The molecule has 0 spiro atoms. The molecule has 0 aliphatic rings. The van der Waals surface area contributed by atoms with Crippen molar-refractivity contribution in [3.8, 4) is 5.75 Å². The van der Waals surface area contributed by atoms with Gasteiger partial charge in [-0.2, -0.15) is 0 Å². The second kappa shape index (κ2) is 6.00. The first-order valence-electron chi connectivity index (χ1n) is 5.86. The van der Waals surface area contributed by atoms with Crippen LogP contribution < -0.4 is 10.1 Å². The second-order valence-corrected chi connectivity index (χ2v) is 3.99. The monoisotopic (exact) mass is 259 g/mol. The highest BCUT2D eigenvalue weighted by Gasteiger charge is 2.13. The molecule has 2 aromatic carbocycles. The number of anilines is 1. The van der Waals surface area contributed by atoms with E-state index in [-0.39, 0.29) is 17.9 Å².